The fraction of sp³-hybridized carbons (Fsp3) is 0.278. The largest absolute Gasteiger partial charge is 0.370 e. The zero-order valence-corrected chi connectivity index (χ0v) is 12.4. The fourth-order valence-corrected chi connectivity index (χ4v) is 2.92. The Morgan fingerprint density at radius 2 is 1.57 bits per heavy atom. The van der Waals surface area contributed by atoms with Gasteiger partial charge in [-0.05, 0) is 24.5 Å². The number of nitrogens with two attached hydrogens (primary N) is 1. The first kappa shape index (κ1) is 13.7. The van der Waals surface area contributed by atoms with Crippen molar-refractivity contribution in [2.24, 2.45) is 10.7 Å². The highest BCUT2D eigenvalue weighted by Gasteiger charge is 2.37. The van der Waals surface area contributed by atoms with Crippen LogP contribution in [0.15, 0.2) is 65.7 Å². The number of hydrogen-bond donors (Lipinski definition) is 1. The number of guanidine groups is 1. The average molecular weight is 279 g/mol. The van der Waals surface area contributed by atoms with E-state index in [0.717, 1.165) is 19.5 Å². The summed E-state index contributed by atoms with van der Waals surface area (Å²) in [7, 11) is 0. The predicted octanol–water partition coefficient (Wildman–Crippen LogP) is 2.82. The monoisotopic (exact) mass is 279 g/mol. The van der Waals surface area contributed by atoms with Crippen molar-refractivity contribution in [3.63, 3.8) is 0 Å². The quantitative estimate of drug-likeness (QED) is 0.935. The Kier molecular flexibility index (Phi) is 3.65. The molecule has 0 saturated carbocycles. The van der Waals surface area contributed by atoms with E-state index in [1.54, 1.807) is 0 Å². The van der Waals surface area contributed by atoms with Crippen molar-refractivity contribution in [2.45, 2.75) is 25.4 Å². The summed E-state index contributed by atoms with van der Waals surface area (Å²) in [6.45, 7) is 3.80. The summed E-state index contributed by atoms with van der Waals surface area (Å²) in [6, 6.07) is 21.0. The SMILES string of the molecule is CC1(Cc2ccccc2)CN=C(N)N1Cc1ccccc1. The second-order valence-electron chi connectivity index (χ2n) is 5.91. The molecule has 2 aromatic carbocycles. The smallest absolute Gasteiger partial charge is 0.192 e. The van der Waals surface area contributed by atoms with Crippen molar-refractivity contribution in [3.05, 3.63) is 71.8 Å². The molecule has 3 heteroatoms. The maximum Gasteiger partial charge on any atom is 0.192 e. The van der Waals surface area contributed by atoms with Gasteiger partial charge in [0.15, 0.2) is 5.96 Å². The predicted molar refractivity (Wildman–Crippen MR) is 87.0 cm³/mol. The van der Waals surface area contributed by atoms with Gasteiger partial charge in [0.05, 0.1) is 12.1 Å². The standard InChI is InChI=1S/C18H21N3/c1-18(12-15-8-4-2-5-9-15)14-20-17(19)21(18)13-16-10-6-3-7-11-16/h2-11H,12-14H2,1H3,(H2,19,20). The van der Waals surface area contributed by atoms with Gasteiger partial charge in [-0.15, -0.1) is 0 Å². The van der Waals surface area contributed by atoms with Gasteiger partial charge in [-0.1, -0.05) is 60.7 Å². The van der Waals surface area contributed by atoms with E-state index in [1.807, 2.05) is 12.1 Å². The van der Waals surface area contributed by atoms with Gasteiger partial charge in [0.25, 0.3) is 0 Å². The van der Waals surface area contributed by atoms with Crippen molar-refractivity contribution < 1.29 is 0 Å². The molecule has 0 saturated heterocycles. The molecule has 3 nitrogen and oxygen atoms in total. The van der Waals surface area contributed by atoms with E-state index in [0.29, 0.717) is 5.96 Å². The number of aliphatic imine (C=N–C) groups is 1. The Labute approximate surface area is 126 Å². The van der Waals surface area contributed by atoms with Gasteiger partial charge in [-0.3, -0.25) is 4.99 Å². The van der Waals surface area contributed by atoms with Crippen LogP contribution in [0.3, 0.4) is 0 Å². The second kappa shape index (κ2) is 5.60. The van der Waals surface area contributed by atoms with E-state index in [2.05, 4.69) is 65.3 Å². The minimum atomic E-state index is -0.0543. The van der Waals surface area contributed by atoms with Gasteiger partial charge >= 0.3 is 0 Å². The molecule has 21 heavy (non-hydrogen) atoms. The summed E-state index contributed by atoms with van der Waals surface area (Å²) in [5.41, 5.74) is 8.66. The Hall–Kier alpha value is -2.29. The summed E-state index contributed by atoms with van der Waals surface area (Å²) in [4.78, 5) is 6.71. The lowest BCUT2D eigenvalue weighted by molar-refractivity contribution is 0.214. The first-order valence-corrected chi connectivity index (χ1v) is 7.33. The van der Waals surface area contributed by atoms with Gasteiger partial charge in [0, 0.05) is 6.54 Å². The molecule has 0 aliphatic carbocycles. The van der Waals surface area contributed by atoms with Gasteiger partial charge in [-0.25, -0.2) is 0 Å². The zero-order valence-electron chi connectivity index (χ0n) is 12.4. The van der Waals surface area contributed by atoms with E-state index < -0.39 is 0 Å². The first-order chi connectivity index (χ1) is 10.2. The second-order valence-corrected chi connectivity index (χ2v) is 5.91. The van der Waals surface area contributed by atoms with Gasteiger partial charge in [0.2, 0.25) is 0 Å². The zero-order chi connectivity index (χ0) is 14.7. The van der Waals surface area contributed by atoms with Gasteiger partial charge < -0.3 is 10.6 Å². The molecule has 1 unspecified atom stereocenters. The molecule has 0 spiro atoms. The Bertz CT molecular complexity index is 621. The maximum atomic E-state index is 6.13. The molecule has 2 aromatic rings. The van der Waals surface area contributed by atoms with Crippen LogP contribution in [0.5, 0.6) is 0 Å². The molecule has 1 heterocycles. The van der Waals surface area contributed by atoms with E-state index >= 15 is 0 Å². The minimum Gasteiger partial charge on any atom is -0.370 e. The number of benzene rings is 2. The molecular formula is C18H21N3. The van der Waals surface area contributed by atoms with Crippen LogP contribution in [0.4, 0.5) is 0 Å². The lowest BCUT2D eigenvalue weighted by Gasteiger charge is -2.36. The van der Waals surface area contributed by atoms with Crippen LogP contribution >= 0.6 is 0 Å². The summed E-state index contributed by atoms with van der Waals surface area (Å²) in [6.07, 6.45) is 0.949. The van der Waals surface area contributed by atoms with E-state index in [1.165, 1.54) is 11.1 Å². The Morgan fingerprint density at radius 3 is 2.19 bits per heavy atom. The fourth-order valence-electron chi connectivity index (χ4n) is 2.92. The summed E-state index contributed by atoms with van der Waals surface area (Å²) >= 11 is 0. The van der Waals surface area contributed by atoms with Crippen molar-refractivity contribution in [1.82, 2.24) is 4.90 Å². The maximum absolute atomic E-state index is 6.13. The molecule has 3 rings (SSSR count). The lowest BCUT2D eigenvalue weighted by Crippen LogP contribution is -2.50. The van der Waals surface area contributed by atoms with E-state index in [-0.39, 0.29) is 5.54 Å². The number of hydrogen-bond acceptors (Lipinski definition) is 3. The van der Waals surface area contributed by atoms with Crippen molar-refractivity contribution in [2.75, 3.05) is 6.54 Å². The van der Waals surface area contributed by atoms with Crippen LogP contribution in [-0.4, -0.2) is 22.9 Å². The van der Waals surface area contributed by atoms with Crippen LogP contribution in [-0.2, 0) is 13.0 Å². The third-order valence-corrected chi connectivity index (χ3v) is 4.12. The molecular weight excluding hydrogens is 258 g/mol. The molecule has 0 fully saturated rings. The molecule has 0 bridgehead atoms. The third-order valence-electron chi connectivity index (χ3n) is 4.12. The van der Waals surface area contributed by atoms with Gasteiger partial charge in [0.1, 0.15) is 0 Å². The molecule has 0 amide bonds. The highest BCUT2D eigenvalue weighted by Crippen LogP contribution is 2.27. The van der Waals surface area contributed by atoms with Crippen LogP contribution in [0.25, 0.3) is 0 Å². The molecule has 0 radical (unpaired) electrons. The first-order valence-electron chi connectivity index (χ1n) is 7.33. The lowest BCUT2D eigenvalue weighted by atomic mass is 9.91. The molecule has 1 atom stereocenters. The highest BCUT2D eigenvalue weighted by molar-refractivity contribution is 5.81. The summed E-state index contributed by atoms with van der Waals surface area (Å²) < 4.78 is 0. The highest BCUT2D eigenvalue weighted by atomic mass is 15.3. The van der Waals surface area contributed by atoms with Gasteiger partial charge in [-0.2, -0.15) is 0 Å². The van der Waals surface area contributed by atoms with Crippen molar-refractivity contribution in [1.29, 1.82) is 0 Å². The van der Waals surface area contributed by atoms with Crippen LogP contribution in [0.1, 0.15) is 18.1 Å². The van der Waals surface area contributed by atoms with Crippen LogP contribution in [0.2, 0.25) is 0 Å². The third kappa shape index (κ3) is 2.92. The van der Waals surface area contributed by atoms with Crippen LogP contribution in [0, 0.1) is 0 Å². The Balaban J connectivity index is 1.81. The average Bonchev–Trinajstić information content (AvgIpc) is 2.78. The summed E-state index contributed by atoms with van der Waals surface area (Å²) in [5, 5.41) is 0. The summed E-state index contributed by atoms with van der Waals surface area (Å²) in [5.74, 6) is 0.650. The van der Waals surface area contributed by atoms with Crippen LogP contribution < -0.4 is 5.73 Å². The van der Waals surface area contributed by atoms with Crippen molar-refractivity contribution in [3.8, 4) is 0 Å². The minimum absolute atomic E-state index is 0.0543. The molecule has 0 aromatic heterocycles. The van der Waals surface area contributed by atoms with E-state index in [4.69, 9.17) is 5.73 Å². The van der Waals surface area contributed by atoms with E-state index in [9.17, 15) is 0 Å². The number of nitrogens with zero attached hydrogens (tertiary/aromatic N) is 2. The molecule has 108 valence electrons. The molecule has 2 N–H and O–H groups in total. The number of rotatable bonds is 4. The van der Waals surface area contributed by atoms with Crippen molar-refractivity contribution >= 4 is 5.96 Å². The molecule has 1 aliphatic rings. The Morgan fingerprint density at radius 1 is 1.00 bits per heavy atom. The topological polar surface area (TPSA) is 41.6 Å². The normalized spacial score (nSPS) is 21.4. The molecule has 1 aliphatic heterocycles.